The van der Waals surface area contributed by atoms with Crippen molar-refractivity contribution in [2.75, 3.05) is 52.0 Å². The quantitative estimate of drug-likeness (QED) is 0.600. The Labute approximate surface area is 132 Å². The summed E-state index contributed by atoms with van der Waals surface area (Å²) in [5.41, 5.74) is 1.12. The molecule has 0 aliphatic carbocycles. The molecule has 1 rings (SSSR count). The van der Waals surface area contributed by atoms with E-state index in [0.29, 0.717) is 12.5 Å². The summed E-state index contributed by atoms with van der Waals surface area (Å²) in [5, 5.41) is 6.64. The Morgan fingerprint density at radius 2 is 2.00 bits per heavy atom. The summed E-state index contributed by atoms with van der Waals surface area (Å²) >= 11 is 1.70. The molecule has 0 atom stereocenters. The van der Waals surface area contributed by atoms with Crippen LogP contribution in [-0.2, 0) is 16.0 Å². The molecular formula is C15H29N3O2S. The number of hydrogen-bond acceptors (Lipinski definition) is 6. The van der Waals surface area contributed by atoms with Gasteiger partial charge in [0.1, 0.15) is 0 Å². The maximum absolute atomic E-state index is 5.19. The smallest absolute Gasteiger partial charge is 0.185 e. The first kappa shape index (κ1) is 18.4. The van der Waals surface area contributed by atoms with Gasteiger partial charge in [-0.05, 0) is 18.9 Å². The third-order valence-electron chi connectivity index (χ3n) is 3.01. The van der Waals surface area contributed by atoms with Crippen LogP contribution in [0, 0.1) is 5.92 Å². The molecule has 0 spiro atoms. The molecule has 21 heavy (non-hydrogen) atoms. The predicted molar refractivity (Wildman–Crippen MR) is 89.2 cm³/mol. The standard InChI is InChI=1S/C15H29N3O2S/c1-13(2)10-16-11-14-12-21-15(17-14)18(7-9-20-4)6-5-8-19-3/h12-13,16H,5-11H2,1-4H3. The van der Waals surface area contributed by atoms with E-state index in [1.54, 1.807) is 25.6 Å². The number of rotatable bonds is 12. The van der Waals surface area contributed by atoms with Gasteiger partial charge in [-0.1, -0.05) is 13.8 Å². The highest BCUT2D eigenvalue weighted by atomic mass is 32.1. The van der Waals surface area contributed by atoms with Gasteiger partial charge in [0.25, 0.3) is 0 Å². The van der Waals surface area contributed by atoms with Crippen LogP contribution in [0.25, 0.3) is 0 Å². The minimum Gasteiger partial charge on any atom is -0.385 e. The molecule has 0 aliphatic heterocycles. The monoisotopic (exact) mass is 315 g/mol. The first-order valence-electron chi connectivity index (χ1n) is 7.55. The summed E-state index contributed by atoms with van der Waals surface area (Å²) in [4.78, 5) is 7.00. The number of methoxy groups -OCH3 is 2. The number of thiazole rings is 1. The first-order chi connectivity index (χ1) is 10.2. The van der Waals surface area contributed by atoms with E-state index in [4.69, 9.17) is 14.5 Å². The molecule has 1 heterocycles. The number of nitrogens with zero attached hydrogens (tertiary/aromatic N) is 2. The van der Waals surface area contributed by atoms with Crippen LogP contribution in [0.4, 0.5) is 5.13 Å². The fourth-order valence-electron chi connectivity index (χ4n) is 1.92. The maximum atomic E-state index is 5.19. The van der Waals surface area contributed by atoms with E-state index in [9.17, 15) is 0 Å². The van der Waals surface area contributed by atoms with Crippen LogP contribution in [0.3, 0.4) is 0 Å². The lowest BCUT2D eigenvalue weighted by atomic mass is 10.2. The van der Waals surface area contributed by atoms with Crippen LogP contribution in [0.15, 0.2) is 5.38 Å². The first-order valence-corrected chi connectivity index (χ1v) is 8.43. The van der Waals surface area contributed by atoms with Gasteiger partial charge in [0.2, 0.25) is 0 Å². The average Bonchev–Trinajstić information content (AvgIpc) is 2.91. The molecule has 0 radical (unpaired) electrons. The zero-order chi connectivity index (χ0) is 15.5. The van der Waals surface area contributed by atoms with E-state index < -0.39 is 0 Å². The van der Waals surface area contributed by atoms with E-state index >= 15 is 0 Å². The van der Waals surface area contributed by atoms with Gasteiger partial charge in [-0.15, -0.1) is 11.3 Å². The van der Waals surface area contributed by atoms with Gasteiger partial charge in [0.05, 0.1) is 12.3 Å². The largest absolute Gasteiger partial charge is 0.385 e. The Kier molecular flexibility index (Phi) is 9.58. The normalized spacial score (nSPS) is 11.3. The Balaban J connectivity index is 2.50. The van der Waals surface area contributed by atoms with Gasteiger partial charge >= 0.3 is 0 Å². The summed E-state index contributed by atoms with van der Waals surface area (Å²) in [6, 6.07) is 0. The lowest BCUT2D eigenvalue weighted by molar-refractivity contribution is 0.191. The van der Waals surface area contributed by atoms with Crippen molar-refractivity contribution in [1.29, 1.82) is 0 Å². The van der Waals surface area contributed by atoms with Gasteiger partial charge in [-0.2, -0.15) is 0 Å². The van der Waals surface area contributed by atoms with Crippen molar-refractivity contribution in [2.45, 2.75) is 26.8 Å². The Hall–Kier alpha value is -0.690. The summed E-state index contributed by atoms with van der Waals surface area (Å²) in [7, 11) is 3.47. The zero-order valence-electron chi connectivity index (χ0n) is 13.7. The minimum absolute atomic E-state index is 0.662. The molecular weight excluding hydrogens is 286 g/mol. The summed E-state index contributed by atoms with van der Waals surface area (Å²) in [6.45, 7) is 9.59. The van der Waals surface area contributed by atoms with Crippen molar-refractivity contribution in [2.24, 2.45) is 5.92 Å². The molecule has 0 saturated heterocycles. The van der Waals surface area contributed by atoms with E-state index in [1.807, 2.05) is 0 Å². The predicted octanol–water partition coefficient (Wildman–Crippen LogP) is 2.38. The molecule has 5 nitrogen and oxygen atoms in total. The fraction of sp³-hybridized carbons (Fsp3) is 0.800. The second kappa shape index (κ2) is 11.0. The highest BCUT2D eigenvalue weighted by Gasteiger charge is 2.11. The maximum Gasteiger partial charge on any atom is 0.185 e. The molecule has 0 unspecified atom stereocenters. The lowest BCUT2D eigenvalue weighted by Crippen LogP contribution is -2.29. The molecule has 122 valence electrons. The topological polar surface area (TPSA) is 46.6 Å². The van der Waals surface area contributed by atoms with Gasteiger partial charge in [-0.3, -0.25) is 0 Å². The molecule has 6 heteroatoms. The molecule has 1 aromatic rings. The molecule has 0 aromatic carbocycles. The molecule has 1 aromatic heterocycles. The Morgan fingerprint density at radius 1 is 1.24 bits per heavy atom. The third-order valence-corrected chi connectivity index (χ3v) is 3.96. The zero-order valence-corrected chi connectivity index (χ0v) is 14.5. The van der Waals surface area contributed by atoms with Gasteiger partial charge in [0, 0.05) is 45.8 Å². The molecule has 1 N–H and O–H groups in total. The van der Waals surface area contributed by atoms with Crippen LogP contribution in [0.1, 0.15) is 26.0 Å². The van der Waals surface area contributed by atoms with Crippen LogP contribution in [0.2, 0.25) is 0 Å². The SMILES string of the molecule is COCCCN(CCOC)c1nc(CNCC(C)C)cs1. The minimum atomic E-state index is 0.662. The van der Waals surface area contributed by atoms with Crippen LogP contribution >= 0.6 is 11.3 Å². The van der Waals surface area contributed by atoms with Crippen molar-refractivity contribution in [3.8, 4) is 0 Å². The number of hydrogen-bond donors (Lipinski definition) is 1. The van der Waals surface area contributed by atoms with Crippen molar-refractivity contribution in [1.82, 2.24) is 10.3 Å². The van der Waals surface area contributed by atoms with E-state index in [-0.39, 0.29) is 0 Å². The fourth-order valence-corrected chi connectivity index (χ4v) is 2.80. The van der Waals surface area contributed by atoms with Gasteiger partial charge in [0.15, 0.2) is 5.13 Å². The summed E-state index contributed by atoms with van der Waals surface area (Å²) in [6.07, 6.45) is 1.00. The average molecular weight is 315 g/mol. The number of ether oxygens (including phenoxy) is 2. The lowest BCUT2D eigenvalue weighted by Gasteiger charge is -2.21. The number of nitrogens with one attached hydrogen (secondary N) is 1. The summed E-state index contributed by atoms with van der Waals surface area (Å²) < 4.78 is 10.3. The van der Waals surface area contributed by atoms with Crippen molar-refractivity contribution in [3.63, 3.8) is 0 Å². The third kappa shape index (κ3) is 7.76. The summed E-state index contributed by atoms with van der Waals surface area (Å²) in [5.74, 6) is 0.662. The second-order valence-electron chi connectivity index (χ2n) is 5.47. The number of aromatic nitrogens is 1. The molecule has 0 fully saturated rings. The Bertz CT molecular complexity index is 372. The molecule has 0 saturated carbocycles. The highest BCUT2D eigenvalue weighted by Crippen LogP contribution is 2.20. The number of anilines is 1. The molecule has 0 amide bonds. The van der Waals surface area contributed by atoms with E-state index in [0.717, 1.165) is 50.0 Å². The second-order valence-corrected chi connectivity index (χ2v) is 6.31. The van der Waals surface area contributed by atoms with Crippen LogP contribution in [0.5, 0.6) is 0 Å². The molecule has 0 aliphatic rings. The Morgan fingerprint density at radius 3 is 2.67 bits per heavy atom. The van der Waals surface area contributed by atoms with Crippen molar-refractivity contribution < 1.29 is 9.47 Å². The van der Waals surface area contributed by atoms with Gasteiger partial charge < -0.3 is 19.7 Å². The van der Waals surface area contributed by atoms with Gasteiger partial charge in [-0.25, -0.2) is 4.98 Å². The van der Waals surface area contributed by atoms with Crippen molar-refractivity contribution in [3.05, 3.63) is 11.1 Å². The van der Waals surface area contributed by atoms with Crippen molar-refractivity contribution >= 4 is 16.5 Å². The highest BCUT2D eigenvalue weighted by molar-refractivity contribution is 7.13. The van der Waals surface area contributed by atoms with E-state index in [2.05, 4.69) is 29.4 Å². The van der Waals surface area contributed by atoms with Crippen LogP contribution < -0.4 is 10.2 Å². The van der Waals surface area contributed by atoms with Crippen LogP contribution in [-0.4, -0.2) is 52.1 Å². The molecule has 0 bridgehead atoms. The van der Waals surface area contributed by atoms with E-state index in [1.165, 1.54) is 0 Å².